The first-order chi connectivity index (χ1) is 12.0. The van der Waals surface area contributed by atoms with E-state index in [-0.39, 0.29) is 12.8 Å². The van der Waals surface area contributed by atoms with Gasteiger partial charge < -0.3 is 19.5 Å². The first kappa shape index (κ1) is 18.7. The van der Waals surface area contributed by atoms with Gasteiger partial charge in [0.15, 0.2) is 5.54 Å². The number of aromatic nitrogens is 2. The van der Waals surface area contributed by atoms with Gasteiger partial charge in [-0.2, -0.15) is 5.10 Å². The molecule has 3 rings (SSSR count). The molecule has 1 aromatic heterocycles. The van der Waals surface area contributed by atoms with Crippen LogP contribution in [-0.4, -0.2) is 50.5 Å². The fraction of sp³-hybridized carbons (Fsp3) is 0.722. The maximum Gasteiger partial charge on any atom is 0.410 e. The minimum absolute atomic E-state index is 0.270. The quantitative estimate of drug-likeness (QED) is 0.865. The van der Waals surface area contributed by atoms with Gasteiger partial charge in [0.1, 0.15) is 11.2 Å². The molecule has 1 amide bonds. The van der Waals surface area contributed by atoms with E-state index in [1.807, 2.05) is 34.6 Å². The second-order valence-corrected chi connectivity index (χ2v) is 8.53. The number of carboxylic acid groups (broad SMARTS) is 1. The van der Waals surface area contributed by atoms with Crippen molar-refractivity contribution >= 4 is 12.1 Å². The summed E-state index contributed by atoms with van der Waals surface area (Å²) < 4.78 is 12.8. The van der Waals surface area contributed by atoms with Crippen LogP contribution in [0.15, 0.2) is 6.20 Å². The largest absolute Gasteiger partial charge is 0.479 e. The van der Waals surface area contributed by atoms with Crippen molar-refractivity contribution in [1.29, 1.82) is 0 Å². The molecule has 144 valence electrons. The van der Waals surface area contributed by atoms with Crippen LogP contribution in [0.25, 0.3) is 0 Å². The Morgan fingerprint density at radius 2 is 1.88 bits per heavy atom. The molecule has 0 aromatic carbocycles. The van der Waals surface area contributed by atoms with Crippen LogP contribution in [0.3, 0.4) is 0 Å². The fourth-order valence-electron chi connectivity index (χ4n) is 3.68. The molecule has 26 heavy (non-hydrogen) atoms. The summed E-state index contributed by atoms with van der Waals surface area (Å²) in [7, 11) is 0. The number of piperidine rings is 1. The van der Waals surface area contributed by atoms with E-state index in [1.54, 1.807) is 15.8 Å². The maximum absolute atomic E-state index is 12.3. The van der Waals surface area contributed by atoms with Gasteiger partial charge in [0.05, 0.1) is 18.5 Å². The Morgan fingerprint density at radius 3 is 2.42 bits per heavy atom. The van der Waals surface area contributed by atoms with Crippen LogP contribution in [0.4, 0.5) is 4.79 Å². The van der Waals surface area contributed by atoms with Gasteiger partial charge in [-0.25, -0.2) is 14.3 Å². The van der Waals surface area contributed by atoms with Crippen molar-refractivity contribution in [3.63, 3.8) is 0 Å². The highest BCUT2D eigenvalue weighted by molar-refractivity contribution is 5.78. The van der Waals surface area contributed by atoms with Crippen LogP contribution in [-0.2, 0) is 32.0 Å². The van der Waals surface area contributed by atoms with E-state index in [4.69, 9.17) is 9.47 Å². The number of ether oxygens (including phenoxy) is 2. The van der Waals surface area contributed by atoms with Gasteiger partial charge in [0.2, 0.25) is 0 Å². The van der Waals surface area contributed by atoms with Gasteiger partial charge in [0.25, 0.3) is 0 Å². The zero-order chi connectivity index (χ0) is 19.3. The monoisotopic (exact) mass is 365 g/mol. The molecule has 0 aliphatic carbocycles. The molecule has 2 aliphatic heterocycles. The predicted molar refractivity (Wildman–Crippen MR) is 92.7 cm³/mol. The zero-order valence-electron chi connectivity index (χ0n) is 16.0. The van der Waals surface area contributed by atoms with Crippen molar-refractivity contribution in [2.75, 3.05) is 13.1 Å². The number of carbonyl (C=O) groups excluding carboxylic acids is 1. The highest BCUT2D eigenvalue weighted by atomic mass is 16.6. The van der Waals surface area contributed by atoms with Crippen LogP contribution < -0.4 is 0 Å². The van der Waals surface area contributed by atoms with Crippen LogP contribution >= 0.6 is 0 Å². The molecule has 0 radical (unpaired) electrons. The molecule has 0 saturated carbocycles. The van der Waals surface area contributed by atoms with Gasteiger partial charge in [-0.1, -0.05) is 0 Å². The highest BCUT2D eigenvalue weighted by Gasteiger charge is 2.49. The second kappa shape index (κ2) is 5.97. The molecule has 0 atom stereocenters. The Kier molecular flexibility index (Phi) is 4.29. The number of likely N-dealkylation sites (tertiary alicyclic amines) is 1. The average molecular weight is 365 g/mol. The summed E-state index contributed by atoms with van der Waals surface area (Å²) in [5.74, 6) is -0.935. The van der Waals surface area contributed by atoms with Crippen LogP contribution in [0.2, 0.25) is 0 Å². The molecule has 0 spiro atoms. The van der Waals surface area contributed by atoms with Gasteiger partial charge in [-0.15, -0.1) is 0 Å². The molecule has 1 fully saturated rings. The number of nitrogens with zero attached hydrogens (tertiary/aromatic N) is 3. The Balaban J connectivity index is 1.85. The second-order valence-electron chi connectivity index (χ2n) is 8.53. The summed E-state index contributed by atoms with van der Waals surface area (Å²) in [5.41, 5.74) is -0.619. The zero-order valence-corrected chi connectivity index (χ0v) is 16.0. The van der Waals surface area contributed by atoms with Gasteiger partial charge >= 0.3 is 12.1 Å². The normalized spacial score (nSPS) is 21.3. The van der Waals surface area contributed by atoms with Crippen molar-refractivity contribution in [3.05, 3.63) is 17.5 Å². The third-order valence-electron chi connectivity index (χ3n) is 5.05. The third-order valence-corrected chi connectivity index (χ3v) is 5.05. The van der Waals surface area contributed by atoms with Crippen LogP contribution in [0.1, 0.15) is 58.7 Å². The van der Waals surface area contributed by atoms with E-state index in [1.165, 1.54) is 0 Å². The highest BCUT2D eigenvalue weighted by Crippen LogP contribution is 2.41. The molecule has 0 bridgehead atoms. The van der Waals surface area contributed by atoms with Crippen molar-refractivity contribution in [3.8, 4) is 0 Å². The van der Waals surface area contributed by atoms with Crippen molar-refractivity contribution in [1.82, 2.24) is 14.7 Å². The summed E-state index contributed by atoms with van der Waals surface area (Å²) in [4.78, 5) is 26.1. The first-order valence-corrected chi connectivity index (χ1v) is 8.89. The summed E-state index contributed by atoms with van der Waals surface area (Å²) in [6.45, 7) is 10.3. The van der Waals surface area contributed by atoms with E-state index in [0.29, 0.717) is 19.7 Å². The first-order valence-electron chi connectivity index (χ1n) is 8.89. The molecule has 1 saturated heterocycles. The van der Waals surface area contributed by atoms with Gasteiger partial charge in [-0.3, -0.25) is 0 Å². The van der Waals surface area contributed by atoms with Crippen molar-refractivity contribution in [2.45, 2.75) is 70.8 Å². The maximum atomic E-state index is 12.3. The lowest BCUT2D eigenvalue weighted by atomic mass is 9.86. The molecule has 1 aromatic rings. The number of fused-ring (bicyclic) bond motifs is 1. The molecule has 2 aliphatic rings. The molecule has 0 unspecified atom stereocenters. The van der Waals surface area contributed by atoms with E-state index >= 15 is 0 Å². The SMILES string of the molecule is CC(C)(C)OC(=O)N1CCC(C(=O)O)(n2ncc3c2C(C)(C)OC3)CC1. The number of amides is 1. The van der Waals surface area contributed by atoms with Crippen LogP contribution in [0, 0.1) is 0 Å². The summed E-state index contributed by atoms with van der Waals surface area (Å²) in [5, 5.41) is 14.4. The molecule has 8 heteroatoms. The lowest BCUT2D eigenvalue weighted by Gasteiger charge is -2.40. The molecule has 8 nitrogen and oxygen atoms in total. The number of rotatable bonds is 2. The summed E-state index contributed by atoms with van der Waals surface area (Å²) >= 11 is 0. The van der Waals surface area contributed by atoms with Gasteiger partial charge in [0, 0.05) is 31.5 Å². The summed E-state index contributed by atoms with van der Waals surface area (Å²) in [6, 6.07) is 0. The van der Waals surface area contributed by atoms with Gasteiger partial charge in [-0.05, 0) is 34.6 Å². The smallest absolute Gasteiger partial charge is 0.410 e. The lowest BCUT2D eigenvalue weighted by molar-refractivity contribution is -0.151. The minimum Gasteiger partial charge on any atom is -0.479 e. The number of hydrogen-bond acceptors (Lipinski definition) is 5. The number of carboxylic acids is 1. The standard InChI is InChI=1S/C18H27N3O5/c1-16(2,3)26-15(24)20-8-6-18(7-9-20,14(22)23)21-13-12(10-19-21)11-25-17(13,4)5/h10H,6-9,11H2,1-5H3,(H,22,23). The van der Waals surface area contributed by atoms with E-state index in [9.17, 15) is 14.7 Å². The average Bonchev–Trinajstić information content (AvgIpc) is 3.07. The number of carbonyl (C=O) groups is 2. The molecular weight excluding hydrogens is 338 g/mol. The minimum atomic E-state index is -1.18. The Bertz CT molecular complexity index is 724. The Morgan fingerprint density at radius 1 is 1.27 bits per heavy atom. The Hall–Kier alpha value is -2.09. The summed E-state index contributed by atoms with van der Waals surface area (Å²) in [6.07, 6.45) is 1.82. The fourth-order valence-corrected chi connectivity index (χ4v) is 3.68. The van der Waals surface area contributed by atoms with E-state index in [2.05, 4.69) is 5.10 Å². The molecule has 3 heterocycles. The molecule has 1 N–H and O–H groups in total. The van der Waals surface area contributed by atoms with E-state index < -0.39 is 28.8 Å². The third kappa shape index (κ3) is 3.06. The topological polar surface area (TPSA) is 93.9 Å². The number of aliphatic carboxylic acids is 1. The number of hydrogen-bond donors (Lipinski definition) is 1. The Labute approximate surface area is 153 Å². The predicted octanol–water partition coefficient (Wildman–Crippen LogP) is 2.46. The lowest BCUT2D eigenvalue weighted by Crippen LogP contribution is -2.54. The van der Waals surface area contributed by atoms with Crippen molar-refractivity contribution in [2.24, 2.45) is 0 Å². The van der Waals surface area contributed by atoms with E-state index in [0.717, 1.165) is 11.3 Å². The van der Waals surface area contributed by atoms with Crippen molar-refractivity contribution < 1.29 is 24.2 Å². The van der Waals surface area contributed by atoms with Crippen LogP contribution in [0.5, 0.6) is 0 Å². The molecular formula is C18H27N3O5.